The van der Waals surface area contributed by atoms with Crippen molar-refractivity contribution in [1.29, 1.82) is 0 Å². The summed E-state index contributed by atoms with van der Waals surface area (Å²) in [5.74, 6) is 0. The second-order valence-electron chi connectivity index (χ2n) is 1.89. The second kappa shape index (κ2) is 1.78. The van der Waals surface area contributed by atoms with E-state index >= 15 is 0 Å². The maximum Gasteiger partial charge on any atom is 0.0827 e. The molecule has 1 fully saturated rings. The van der Waals surface area contributed by atoms with Crippen LogP contribution >= 0.6 is 0 Å². The second-order valence-corrected chi connectivity index (χ2v) is 1.89. The number of hydrogen-bond acceptors (Lipinski definition) is 3. The highest BCUT2D eigenvalue weighted by molar-refractivity contribution is 4.82. The molecule has 4 N–H and O–H groups in total. The standard InChI is InChI=1S/C4H10N2O/c5-3-1-6-2-4(3)7/h3-4,6-7H,1-2,5H2/t3-,4-/m0/s1. The molecule has 0 saturated carbocycles. The molecule has 3 nitrogen and oxygen atoms in total. The zero-order valence-electron chi connectivity index (χ0n) is 4.09. The van der Waals surface area contributed by atoms with Gasteiger partial charge >= 0.3 is 0 Å². The molecule has 7 heavy (non-hydrogen) atoms. The van der Waals surface area contributed by atoms with Crippen LogP contribution < -0.4 is 11.1 Å². The molecule has 1 aliphatic heterocycles. The van der Waals surface area contributed by atoms with E-state index in [1.54, 1.807) is 0 Å². The third kappa shape index (κ3) is 0.907. The van der Waals surface area contributed by atoms with Gasteiger partial charge in [-0.05, 0) is 0 Å². The van der Waals surface area contributed by atoms with Gasteiger partial charge in [-0.2, -0.15) is 0 Å². The van der Waals surface area contributed by atoms with Crippen LogP contribution in [0.15, 0.2) is 0 Å². The van der Waals surface area contributed by atoms with Crippen LogP contribution in [0.25, 0.3) is 0 Å². The summed E-state index contributed by atoms with van der Waals surface area (Å²) in [5, 5.41) is 11.8. The number of nitrogens with two attached hydrogens (primary N) is 1. The average Bonchev–Trinajstić information content (AvgIpc) is 1.91. The molecule has 3 heteroatoms. The number of aliphatic hydroxyl groups excluding tert-OH is 1. The summed E-state index contributed by atoms with van der Waals surface area (Å²) in [5.41, 5.74) is 5.37. The number of rotatable bonds is 0. The number of nitrogens with one attached hydrogen (secondary N) is 1. The zero-order valence-corrected chi connectivity index (χ0v) is 4.09. The Morgan fingerprint density at radius 3 is 2.43 bits per heavy atom. The van der Waals surface area contributed by atoms with Crippen molar-refractivity contribution in [3.63, 3.8) is 0 Å². The Kier molecular flexibility index (Phi) is 1.27. The Hall–Kier alpha value is -0.120. The van der Waals surface area contributed by atoms with Crippen LogP contribution in [-0.4, -0.2) is 30.3 Å². The molecule has 1 heterocycles. The highest BCUT2D eigenvalue weighted by Crippen LogP contribution is 1.93. The fraction of sp³-hybridized carbons (Fsp3) is 1.00. The summed E-state index contributed by atoms with van der Waals surface area (Å²) in [4.78, 5) is 0. The van der Waals surface area contributed by atoms with E-state index in [4.69, 9.17) is 10.8 Å². The van der Waals surface area contributed by atoms with Crippen molar-refractivity contribution in [2.24, 2.45) is 5.73 Å². The van der Waals surface area contributed by atoms with E-state index in [1.807, 2.05) is 0 Å². The van der Waals surface area contributed by atoms with Gasteiger partial charge in [-0.1, -0.05) is 0 Å². The monoisotopic (exact) mass is 102 g/mol. The fourth-order valence-electron chi connectivity index (χ4n) is 0.685. The summed E-state index contributed by atoms with van der Waals surface area (Å²) in [6, 6.07) is -0.0417. The van der Waals surface area contributed by atoms with Crippen LogP contribution in [0.1, 0.15) is 0 Å². The highest BCUT2D eigenvalue weighted by Gasteiger charge is 2.19. The van der Waals surface area contributed by atoms with E-state index in [1.165, 1.54) is 0 Å². The van der Waals surface area contributed by atoms with Gasteiger partial charge in [-0.25, -0.2) is 0 Å². The molecule has 0 aliphatic carbocycles. The Morgan fingerprint density at radius 1 is 1.57 bits per heavy atom. The average molecular weight is 102 g/mol. The summed E-state index contributed by atoms with van der Waals surface area (Å²) in [7, 11) is 0. The van der Waals surface area contributed by atoms with E-state index < -0.39 is 0 Å². The minimum absolute atomic E-state index is 0.0417. The molecule has 0 aromatic heterocycles. The quantitative estimate of drug-likeness (QED) is 0.341. The lowest BCUT2D eigenvalue weighted by atomic mass is 10.2. The predicted molar refractivity (Wildman–Crippen MR) is 26.9 cm³/mol. The van der Waals surface area contributed by atoms with Gasteiger partial charge in [0.15, 0.2) is 0 Å². The Morgan fingerprint density at radius 2 is 2.29 bits per heavy atom. The molecule has 42 valence electrons. The van der Waals surface area contributed by atoms with Crippen molar-refractivity contribution >= 4 is 0 Å². The SMILES string of the molecule is N[C@H]1CNC[C@@H]1O. The van der Waals surface area contributed by atoms with Crippen LogP contribution in [0.3, 0.4) is 0 Å². The molecule has 0 spiro atoms. The Balaban J connectivity index is 2.33. The Labute approximate surface area is 42.5 Å². The number of β-amino-alcohol motifs (C(OH)–C–C–N with tert-alkyl or cyclic N) is 1. The molecule has 1 aliphatic rings. The number of aliphatic hydroxyl groups is 1. The molecule has 0 aromatic carbocycles. The minimum atomic E-state index is -0.319. The first-order chi connectivity index (χ1) is 3.30. The predicted octanol–water partition coefficient (Wildman–Crippen LogP) is -1.72. The van der Waals surface area contributed by atoms with Crippen LogP contribution in [0, 0.1) is 0 Å². The third-order valence-electron chi connectivity index (χ3n) is 1.23. The molecule has 0 radical (unpaired) electrons. The van der Waals surface area contributed by atoms with Crippen molar-refractivity contribution in [2.45, 2.75) is 12.1 Å². The van der Waals surface area contributed by atoms with Gasteiger partial charge in [0.25, 0.3) is 0 Å². The molecule has 2 atom stereocenters. The zero-order chi connectivity index (χ0) is 5.28. The van der Waals surface area contributed by atoms with Crippen LogP contribution in [0.5, 0.6) is 0 Å². The van der Waals surface area contributed by atoms with E-state index in [0.717, 1.165) is 6.54 Å². The lowest BCUT2D eigenvalue weighted by Gasteiger charge is -2.02. The van der Waals surface area contributed by atoms with Gasteiger partial charge in [0, 0.05) is 19.1 Å². The van der Waals surface area contributed by atoms with Crippen LogP contribution in [-0.2, 0) is 0 Å². The van der Waals surface area contributed by atoms with E-state index in [0.29, 0.717) is 6.54 Å². The van der Waals surface area contributed by atoms with E-state index in [9.17, 15) is 0 Å². The van der Waals surface area contributed by atoms with Gasteiger partial charge in [-0.3, -0.25) is 0 Å². The highest BCUT2D eigenvalue weighted by atomic mass is 16.3. The van der Waals surface area contributed by atoms with Crippen molar-refractivity contribution in [3.8, 4) is 0 Å². The van der Waals surface area contributed by atoms with Crippen LogP contribution in [0.2, 0.25) is 0 Å². The molecule has 0 unspecified atom stereocenters. The summed E-state index contributed by atoms with van der Waals surface area (Å²) in [6.45, 7) is 1.41. The maximum atomic E-state index is 8.81. The van der Waals surface area contributed by atoms with E-state index in [-0.39, 0.29) is 12.1 Å². The van der Waals surface area contributed by atoms with Gasteiger partial charge < -0.3 is 16.2 Å². The first-order valence-corrected chi connectivity index (χ1v) is 2.45. The molecule has 0 bridgehead atoms. The lowest BCUT2D eigenvalue weighted by Crippen LogP contribution is -2.32. The molecular formula is C4H10N2O. The Bertz CT molecular complexity index is 58.7. The topological polar surface area (TPSA) is 58.3 Å². The minimum Gasteiger partial charge on any atom is -0.390 e. The van der Waals surface area contributed by atoms with Gasteiger partial charge in [0.2, 0.25) is 0 Å². The van der Waals surface area contributed by atoms with Crippen molar-refractivity contribution in [3.05, 3.63) is 0 Å². The summed E-state index contributed by atoms with van der Waals surface area (Å²) < 4.78 is 0. The molecule has 1 rings (SSSR count). The normalized spacial score (nSPS) is 42.0. The van der Waals surface area contributed by atoms with Gasteiger partial charge in [0.1, 0.15) is 0 Å². The first-order valence-electron chi connectivity index (χ1n) is 2.45. The van der Waals surface area contributed by atoms with Crippen molar-refractivity contribution < 1.29 is 5.11 Å². The summed E-state index contributed by atoms with van der Waals surface area (Å²) >= 11 is 0. The maximum absolute atomic E-state index is 8.81. The fourth-order valence-corrected chi connectivity index (χ4v) is 0.685. The largest absolute Gasteiger partial charge is 0.390 e. The van der Waals surface area contributed by atoms with E-state index in [2.05, 4.69) is 5.32 Å². The molecule has 0 amide bonds. The van der Waals surface area contributed by atoms with Crippen molar-refractivity contribution in [2.75, 3.05) is 13.1 Å². The smallest absolute Gasteiger partial charge is 0.0827 e. The molecule has 0 aromatic rings. The van der Waals surface area contributed by atoms with Gasteiger partial charge in [-0.15, -0.1) is 0 Å². The van der Waals surface area contributed by atoms with Crippen molar-refractivity contribution in [1.82, 2.24) is 5.32 Å². The summed E-state index contributed by atoms with van der Waals surface area (Å²) in [6.07, 6.45) is -0.319. The first kappa shape index (κ1) is 5.03. The molecular weight excluding hydrogens is 92.1 g/mol. The number of hydrogen-bond donors (Lipinski definition) is 3. The lowest BCUT2D eigenvalue weighted by molar-refractivity contribution is 0.179. The van der Waals surface area contributed by atoms with Crippen LogP contribution in [0.4, 0.5) is 0 Å². The molecule has 1 saturated heterocycles. The third-order valence-corrected chi connectivity index (χ3v) is 1.23. The van der Waals surface area contributed by atoms with Gasteiger partial charge in [0.05, 0.1) is 6.10 Å².